The molecule has 82 valence electrons. The van der Waals surface area contributed by atoms with Gasteiger partial charge in [-0.2, -0.15) is 0 Å². The van der Waals surface area contributed by atoms with Crippen LogP contribution in [0.5, 0.6) is 0 Å². The summed E-state index contributed by atoms with van der Waals surface area (Å²) in [5.74, 6) is -0.352. The zero-order valence-corrected chi connectivity index (χ0v) is 9.58. The van der Waals surface area contributed by atoms with Crippen LogP contribution in [-0.4, -0.2) is 15.6 Å². The molecule has 1 aliphatic carbocycles. The number of aromatic carboxylic acids is 1. The summed E-state index contributed by atoms with van der Waals surface area (Å²) in [5, 5.41) is 9.55. The first-order valence-corrected chi connectivity index (χ1v) is 5.42. The van der Waals surface area contributed by atoms with Crippen LogP contribution in [0.25, 0.3) is 0 Å². The summed E-state index contributed by atoms with van der Waals surface area (Å²) in [7, 11) is 0. The lowest BCUT2D eigenvalue weighted by Gasteiger charge is -2.28. The molecule has 1 aromatic heterocycles. The van der Waals surface area contributed by atoms with Gasteiger partial charge >= 0.3 is 5.97 Å². The molecule has 0 bridgehead atoms. The quantitative estimate of drug-likeness (QED) is 0.863. The molecule has 0 aromatic carbocycles. The SMILES string of the molecule is CC(C)(C1CC1)n1cc(Cl)cc1C(=O)O. The number of hydrogen-bond donors (Lipinski definition) is 1. The molecule has 15 heavy (non-hydrogen) atoms. The van der Waals surface area contributed by atoms with E-state index in [9.17, 15) is 4.79 Å². The summed E-state index contributed by atoms with van der Waals surface area (Å²) >= 11 is 5.86. The van der Waals surface area contributed by atoms with Crippen LogP contribution >= 0.6 is 11.6 Å². The maximum Gasteiger partial charge on any atom is 0.352 e. The zero-order chi connectivity index (χ0) is 11.2. The summed E-state index contributed by atoms with van der Waals surface area (Å²) in [6.07, 6.45) is 4.05. The smallest absolute Gasteiger partial charge is 0.352 e. The summed E-state index contributed by atoms with van der Waals surface area (Å²) < 4.78 is 1.79. The van der Waals surface area contributed by atoms with Gasteiger partial charge in [0.2, 0.25) is 0 Å². The molecule has 1 saturated carbocycles. The summed E-state index contributed by atoms with van der Waals surface area (Å²) in [6, 6.07) is 1.51. The lowest BCUT2D eigenvalue weighted by molar-refractivity contribution is 0.0675. The first kappa shape index (κ1) is 10.6. The first-order valence-electron chi connectivity index (χ1n) is 5.04. The molecule has 1 aromatic rings. The summed E-state index contributed by atoms with van der Waals surface area (Å²) in [4.78, 5) is 11.0. The van der Waals surface area contributed by atoms with Crippen LogP contribution in [0.2, 0.25) is 5.02 Å². The highest BCUT2D eigenvalue weighted by Crippen LogP contribution is 2.44. The number of carbonyl (C=O) groups is 1. The Bertz CT molecular complexity index is 405. The highest BCUT2D eigenvalue weighted by molar-refractivity contribution is 6.30. The molecule has 4 heteroatoms. The van der Waals surface area contributed by atoms with E-state index < -0.39 is 5.97 Å². The van der Waals surface area contributed by atoms with Crippen molar-refractivity contribution in [2.45, 2.75) is 32.2 Å². The Morgan fingerprint density at radius 1 is 1.60 bits per heavy atom. The predicted molar refractivity (Wildman–Crippen MR) is 58.4 cm³/mol. The molecular formula is C11H14ClNO2. The van der Waals surface area contributed by atoms with Crippen molar-refractivity contribution >= 4 is 17.6 Å². The maximum absolute atomic E-state index is 11.0. The van der Waals surface area contributed by atoms with Crippen LogP contribution < -0.4 is 0 Å². The third-order valence-electron chi connectivity index (χ3n) is 3.20. The summed E-state index contributed by atoms with van der Waals surface area (Å²) in [5.41, 5.74) is 0.123. The van der Waals surface area contributed by atoms with Crippen molar-refractivity contribution in [3.8, 4) is 0 Å². The van der Waals surface area contributed by atoms with E-state index in [-0.39, 0.29) is 11.2 Å². The second-order valence-electron chi connectivity index (χ2n) is 4.65. The lowest BCUT2D eigenvalue weighted by Crippen LogP contribution is -2.30. The number of carboxylic acid groups (broad SMARTS) is 1. The summed E-state index contributed by atoms with van der Waals surface area (Å²) in [6.45, 7) is 4.13. The fourth-order valence-corrected chi connectivity index (χ4v) is 2.26. The Hall–Kier alpha value is -0.960. The van der Waals surface area contributed by atoms with E-state index in [4.69, 9.17) is 16.7 Å². The monoisotopic (exact) mass is 227 g/mol. The van der Waals surface area contributed by atoms with Gasteiger partial charge in [-0.05, 0) is 38.7 Å². The van der Waals surface area contributed by atoms with Gasteiger partial charge in [0.15, 0.2) is 0 Å². The van der Waals surface area contributed by atoms with Gasteiger partial charge in [-0.25, -0.2) is 4.79 Å². The van der Waals surface area contributed by atoms with E-state index in [1.807, 2.05) is 0 Å². The molecular weight excluding hydrogens is 214 g/mol. The topological polar surface area (TPSA) is 42.2 Å². The van der Waals surface area contributed by atoms with Gasteiger partial charge in [0, 0.05) is 11.7 Å². The predicted octanol–water partition coefficient (Wildman–Crippen LogP) is 2.98. The zero-order valence-electron chi connectivity index (χ0n) is 8.83. The molecule has 0 spiro atoms. The molecule has 0 radical (unpaired) electrons. The minimum atomic E-state index is -0.921. The number of aromatic nitrogens is 1. The van der Waals surface area contributed by atoms with Crippen LogP contribution in [0.1, 0.15) is 37.2 Å². The van der Waals surface area contributed by atoms with Crippen molar-refractivity contribution in [2.24, 2.45) is 5.92 Å². The third kappa shape index (κ3) is 1.76. The normalized spacial score (nSPS) is 16.7. The van der Waals surface area contributed by atoms with Gasteiger partial charge in [-0.1, -0.05) is 11.6 Å². The largest absolute Gasteiger partial charge is 0.477 e. The van der Waals surface area contributed by atoms with Crippen molar-refractivity contribution in [2.75, 3.05) is 0 Å². The van der Waals surface area contributed by atoms with E-state index in [0.717, 1.165) is 0 Å². The van der Waals surface area contributed by atoms with Crippen LogP contribution in [0, 0.1) is 5.92 Å². The Kier molecular flexibility index (Phi) is 2.30. The van der Waals surface area contributed by atoms with E-state index in [0.29, 0.717) is 10.9 Å². The number of halogens is 1. The van der Waals surface area contributed by atoms with Crippen LogP contribution in [0.4, 0.5) is 0 Å². The molecule has 1 heterocycles. The molecule has 0 unspecified atom stereocenters. The van der Waals surface area contributed by atoms with Crippen molar-refractivity contribution < 1.29 is 9.90 Å². The molecule has 3 nitrogen and oxygen atoms in total. The Morgan fingerprint density at radius 3 is 2.67 bits per heavy atom. The Balaban J connectivity index is 2.46. The first-order chi connectivity index (χ1) is 6.93. The molecule has 0 atom stereocenters. The number of nitrogens with zero attached hydrogens (tertiary/aromatic N) is 1. The highest BCUT2D eigenvalue weighted by Gasteiger charge is 2.40. The van der Waals surface area contributed by atoms with Crippen LogP contribution in [-0.2, 0) is 5.54 Å². The molecule has 0 amide bonds. The van der Waals surface area contributed by atoms with Gasteiger partial charge < -0.3 is 9.67 Å². The highest BCUT2D eigenvalue weighted by atomic mass is 35.5. The minimum absolute atomic E-state index is 0.152. The molecule has 1 aliphatic rings. The fourth-order valence-electron chi connectivity index (χ4n) is 2.06. The molecule has 0 saturated heterocycles. The average Bonchev–Trinajstić information content (AvgIpc) is 2.89. The molecule has 0 aliphatic heterocycles. The van der Waals surface area contributed by atoms with Crippen molar-refractivity contribution in [1.82, 2.24) is 4.57 Å². The van der Waals surface area contributed by atoms with Gasteiger partial charge in [0.1, 0.15) is 5.69 Å². The van der Waals surface area contributed by atoms with Gasteiger partial charge in [0.25, 0.3) is 0 Å². The van der Waals surface area contributed by atoms with E-state index in [1.165, 1.54) is 18.9 Å². The van der Waals surface area contributed by atoms with E-state index in [2.05, 4.69) is 13.8 Å². The van der Waals surface area contributed by atoms with Gasteiger partial charge in [0.05, 0.1) is 5.02 Å². The Labute approximate surface area is 93.7 Å². The third-order valence-corrected chi connectivity index (χ3v) is 3.41. The van der Waals surface area contributed by atoms with E-state index >= 15 is 0 Å². The van der Waals surface area contributed by atoms with Crippen molar-refractivity contribution in [3.63, 3.8) is 0 Å². The van der Waals surface area contributed by atoms with Crippen LogP contribution in [0.3, 0.4) is 0 Å². The van der Waals surface area contributed by atoms with Crippen molar-refractivity contribution in [3.05, 3.63) is 23.0 Å². The number of carboxylic acids is 1. The van der Waals surface area contributed by atoms with E-state index in [1.54, 1.807) is 10.8 Å². The maximum atomic E-state index is 11.0. The molecule has 2 rings (SSSR count). The van der Waals surface area contributed by atoms with Crippen molar-refractivity contribution in [1.29, 1.82) is 0 Å². The number of rotatable bonds is 3. The Morgan fingerprint density at radius 2 is 2.20 bits per heavy atom. The molecule has 1 fully saturated rings. The van der Waals surface area contributed by atoms with Crippen LogP contribution in [0.15, 0.2) is 12.3 Å². The second-order valence-corrected chi connectivity index (χ2v) is 5.08. The second kappa shape index (κ2) is 3.27. The number of hydrogen-bond acceptors (Lipinski definition) is 1. The van der Waals surface area contributed by atoms with Gasteiger partial charge in [-0.15, -0.1) is 0 Å². The standard InChI is InChI=1S/C11H14ClNO2/c1-11(2,7-3-4-7)13-6-8(12)5-9(13)10(14)15/h5-7H,3-4H2,1-2H3,(H,14,15). The fraction of sp³-hybridized carbons (Fsp3) is 0.545. The van der Waals surface area contributed by atoms with Gasteiger partial charge in [-0.3, -0.25) is 0 Å². The average molecular weight is 228 g/mol. The minimum Gasteiger partial charge on any atom is -0.477 e. The molecule has 1 N–H and O–H groups in total. The lowest BCUT2D eigenvalue weighted by atomic mass is 9.98.